The summed E-state index contributed by atoms with van der Waals surface area (Å²) in [5.74, 6) is 1.30. The number of phenols is 2. The Morgan fingerprint density at radius 1 is 0.727 bits per heavy atom. The summed E-state index contributed by atoms with van der Waals surface area (Å²) in [7, 11) is 0. The Balaban J connectivity index is 2.51. The highest BCUT2D eigenvalue weighted by Crippen LogP contribution is 2.42. The van der Waals surface area contributed by atoms with E-state index in [1.807, 2.05) is 24.3 Å². The summed E-state index contributed by atoms with van der Waals surface area (Å²) in [6.07, 6.45) is 2.00. The first-order chi connectivity index (χ1) is 10.5. The third-order valence-electron chi connectivity index (χ3n) is 4.69. The molecule has 0 saturated carbocycles. The van der Waals surface area contributed by atoms with Crippen LogP contribution in [0.3, 0.4) is 0 Å². The monoisotopic (exact) mass is 298 g/mol. The molecule has 118 valence electrons. The highest BCUT2D eigenvalue weighted by Gasteiger charge is 2.25. The number of aromatic hydroxyl groups is 2. The van der Waals surface area contributed by atoms with E-state index in [4.69, 9.17) is 0 Å². The lowest BCUT2D eigenvalue weighted by molar-refractivity contribution is 0.461. The molecule has 2 atom stereocenters. The molecule has 0 spiro atoms. The van der Waals surface area contributed by atoms with Crippen LogP contribution in [-0.4, -0.2) is 10.2 Å². The van der Waals surface area contributed by atoms with Crippen molar-refractivity contribution in [1.82, 2.24) is 0 Å². The minimum atomic E-state index is 0.321. The van der Waals surface area contributed by atoms with E-state index < -0.39 is 0 Å². The number of rotatable bonds is 5. The summed E-state index contributed by atoms with van der Waals surface area (Å²) in [6, 6.07) is 11.2. The second-order valence-corrected chi connectivity index (χ2v) is 6.11. The molecule has 2 nitrogen and oxygen atoms in total. The van der Waals surface area contributed by atoms with Crippen LogP contribution in [0.4, 0.5) is 0 Å². The highest BCUT2D eigenvalue weighted by molar-refractivity contribution is 5.42. The van der Waals surface area contributed by atoms with Gasteiger partial charge < -0.3 is 10.2 Å². The van der Waals surface area contributed by atoms with Gasteiger partial charge in [-0.05, 0) is 85.0 Å². The zero-order chi connectivity index (χ0) is 16.3. The molecule has 0 heterocycles. The molecule has 0 aliphatic rings. The molecule has 0 saturated heterocycles. The van der Waals surface area contributed by atoms with E-state index in [1.54, 1.807) is 12.1 Å². The molecule has 2 rings (SSSR count). The fourth-order valence-corrected chi connectivity index (χ4v) is 3.50. The molecule has 2 N–H and O–H groups in total. The molecule has 0 amide bonds. The van der Waals surface area contributed by atoms with E-state index in [0.29, 0.717) is 23.3 Å². The molecule has 2 heteroatoms. The molecular formula is C20H26O2. The molecule has 0 fully saturated rings. The summed E-state index contributed by atoms with van der Waals surface area (Å²) >= 11 is 0. The van der Waals surface area contributed by atoms with Gasteiger partial charge in [0.05, 0.1) is 0 Å². The Hall–Kier alpha value is -1.96. The summed E-state index contributed by atoms with van der Waals surface area (Å²) in [5, 5.41) is 19.7. The zero-order valence-electron chi connectivity index (χ0n) is 13.9. The standard InChI is InChI=1S/C20H26O2/c1-5-17(19-11-15(21)9-7-13(19)3)18(6-2)20-12-16(22)10-8-14(20)4/h7-12,17-18,21-22H,5-6H2,1-4H3. The van der Waals surface area contributed by atoms with Gasteiger partial charge in [-0.2, -0.15) is 0 Å². The van der Waals surface area contributed by atoms with Gasteiger partial charge in [-0.1, -0.05) is 26.0 Å². The second kappa shape index (κ2) is 6.87. The first-order valence-electron chi connectivity index (χ1n) is 8.06. The molecule has 0 aliphatic heterocycles. The highest BCUT2D eigenvalue weighted by atomic mass is 16.3. The zero-order valence-corrected chi connectivity index (χ0v) is 13.9. The minimum Gasteiger partial charge on any atom is -0.508 e. The van der Waals surface area contributed by atoms with Crippen molar-refractivity contribution >= 4 is 0 Å². The van der Waals surface area contributed by atoms with Crippen LogP contribution in [0.15, 0.2) is 36.4 Å². The summed E-state index contributed by atoms with van der Waals surface area (Å²) in [5.41, 5.74) is 4.83. The number of hydrogen-bond acceptors (Lipinski definition) is 2. The van der Waals surface area contributed by atoms with E-state index >= 15 is 0 Å². The van der Waals surface area contributed by atoms with Crippen LogP contribution in [0, 0.1) is 13.8 Å². The van der Waals surface area contributed by atoms with E-state index in [-0.39, 0.29) is 0 Å². The minimum absolute atomic E-state index is 0.321. The molecule has 0 aliphatic carbocycles. The van der Waals surface area contributed by atoms with Crippen molar-refractivity contribution in [3.8, 4) is 11.5 Å². The lowest BCUT2D eigenvalue weighted by Crippen LogP contribution is -2.12. The number of benzene rings is 2. The van der Waals surface area contributed by atoms with Gasteiger partial charge in [-0.3, -0.25) is 0 Å². The molecule has 0 radical (unpaired) electrons. The largest absolute Gasteiger partial charge is 0.508 e. The summed E-state index contributed by atoms with van der Waals surface area (Å²) in [4.78, 5) is 0. The Labute approximate surface area is 133 Å². The second-order valence-electron chi connectivity index (χ2n) is 6.11. The lowest BCUT2D eigenvalue weighted by Gasteiger charge is -2.29. The van der Waals surface area contributed by atoms with Crippen molar-refractivity contribution in [3.63, 3.8) is 0 Å². The van der Waals surface area contributed by atoms with Gasteiger partial charge >= 0.3 is 0 Å². The molecular weight excluding hydrogens is 272 g/mol. The molecule has 0 aromatic heterocycles. The quantitative estimate of drug-likeness (QED) is 0.775. The predicted octanol–water partition coefficient (Wildman–Crippen LogP) is 5.40. The normalized spacial score (nSPS) is 13.8. The van der Waals surface area contributed by atoms with Crippen molar-refractivity contribution in [2.45, 2.75) is 52.4 Å². The average Bonchev–Trinajstić information content (AvgIpc) is 2.50. The van der Waals surface area contributed by atoms with Gasteiger partial charge in [-0.25, -0.2) is 0 Å². The average molecular weight is 298 g/mol. The predicted molar refractivity (Wildman–Crippen MR) is 91.8 cm³/mol. The molecule has 22 heavy (non-hydrogen) atoms. The van der Waals surface area contributed by atoms with Crippen LogP contribution < -0.4 is 0 Å². The van der Waals surface area contributed by atoms with E-state index in [2.05, 4.69) is 27.7 Å². The van der Waals surface area contributed by atoms with E-state index in [0.717, 1.165) is 12.8 Å². The molecule has 2 unspecified atom stereocenters. The third-order valence-corrected chi connectivity index (χ3v) is 4.69. The topological polar surface area (TPSA) is 40.5 Å². The van der Waals surface area contributed by atoms with Crippen molar-refractivity contribution in [2.75, 3.05) is 0 Å². The lowest BCUT2D eigenvalue weighted by atomic mass is 9.76. The van der Waals surface area contributed by atoms with Gasteiger partial charge in [0.15, 0.2) is 0 Å². The number of hydrogen-bond donors (Lipinski definition) is 2. The Kier molecular flexibility index (Phi) is 5.12. The van der Waals surface area contributed by atoms with Crippen LogP contribution in [0.25, 0.3) is 0 Å². The third kappa shape index (κ3) is 3.27. The maximum Gasteiger partial charge on any atom is 0.115 e. The first kappa shape index (κ1) is 16.4. The van der Waals surface area contributed by atoms with Crippen molar-refractivity contribution in [2.24, 2.45) is 0 Å². The maximum absolute atomic E-state index is 9.87. The SMILES string of the molecule is CCC(c1cc(O)ccc1C)C(CC)c1cc(O)ccc1C. The smallest absolute Gasteiger partial charge is 0.115 e. The first-order valence-corrected chi connectivity index (χ1v) is 8.06. The Morgan fingerprint density at radius 2 is 1.09 bits per heavy atom. The molecule has 2 aromatic rings. The van der Waals surface area contributed by atoms with E-state index in [9.17, 15) is 10.2 Å². The Morgan fingerprint density at radius 3 is 1.41 bits per heavy atom. The summed E-state index contributed by atoms with van der Waals surface area (Å²) in [6.45, 7) is 8.57. The van der Waals surface area contributed by atoms with Crippen LogP contribution in [-0.2, 0) is 0 Å². The number of phenolic OH excluding ortho intramolecular Hbond substituents is 2. The number of aryl methyl sites for hydroxylation is 2. The molecule has 2 aromatic carbocycles. The van der Waals surface area contributed by atoms with Crippen LogP contribution in [0.5, 0.6) is 11.5 Å². The Bertz CT molecular complexity index is 589. The van der Waals surface area contributed by atoms with Crippen molar-refractivity contribution in [3.05, 3.63) is 58.7 Å². The van der Waals surface area contributed by atoms with E-state index in [1.165, 1.54) is 22.3 Å². The van der Waals surface area contributed by atoms with Gasteiger partial charge in [0.1, 0.15) is 11.5 Å². The summed E-state index contributed by atoms with van der Waals surface area (Å²) < 4.78 is 0. The van der Waals surface area contributed by atoms with Crippen LogP contribution in [0.2, 0.25) is 0 Å². The van der Waals surface area contributed by atoms with Crippen LogP contribution >= 0.6 is 0 Å². The maximum atomic E-state index is 9.87. The van der Waals surface area contributed by atoms with Crippen molar-refractivity contribution < 1.29 is 10.2 Å². The van der Waals surface area contributed by atoms with Gasteiger partial charge in [0, 0.05) is 0 Å². The fourth-order valence-electron chi connectivity index (χ4n) is 3.50. The van der Waals surface area contributed by atoms with Gasteiger partial charge in [0.25, 0.3) is 0 Å². The molecule has 0 bridgehead atoms. The van der Waals surface area contributed by atoms with Crippen LogP contribution in [0.1, 0.15) is 60.8 Å². The van der Waals surface area contributed by atoms with Gasteiger partial charge in [0.2, 0.25) is 0 Å². The fraction of sp³-hybridized carbons (Fsp3) is 0.400. The van der Waals surface area contributed by atoms with Gasteiger partial charge in [-0.15, -0.1) is 0 Å². The van der Waals surface area contributed by atoms with Crippen molar-refractivity contribution in [1.29, 1.82) is 0 Å².